The highest BCUT2D eigenvalue weighted by Gasteiger charge is 1.99. The number of hydrogen-bond donors (Lipinski definition) is 2. The number of hydrazone groups is 1. The molecular weight excluding hydrogens is 356 g/mol. The van der Waals surface area contributed by atoms with Crippen LogP contribution in [-0.4, -0.2) is 50.0 Å². The lowest BCUT2D eigenvalue weighted by Crippen LogP contribution is -2.32. The summed E-state index contributed by atoms with van der Waals surface area (Å²) in [4.78, 5) is 2.12. The van der Waals surface area contributed by atoms with E-state index < -0.39 is 0 Å². The minimum Gasteiger partial charge on any atom is -0.497 e. The van der Waals surface area contributed by atoms with E-state index in [1.54, 1.807) is 13.2 Å². The largest absolute Gasteiger partial charge is 0.497 e. The zero-order chi connectivity index (χ0) is 17.8. The first-order chi connectivity index (χ1) is 11.5. The molecule has 0 heterocycles. The number of benzene rings is 1. The fraction of sp³-hybridized carbons (Fsp3) is 0.333. The summed E-state index contributed by atoms with van der Waals surface area (Å²) in [5.74, 6) is 0.842. The van der Waals surface area contributed by atoms with Crippen molar-refractivity contribution < 1.29 is 4.74 Å². The second-order valence-corrected chi connectivity index (χ2v) is 5.78. The number of nitrogens with zero attached hydrogens (tertiary/aromatic N) is 2. The first-order valence-electron chi connectivity index (χ1n) is 7.73. The fourth-order valence-electron chi connectivity index (χ4n) is 1.75. The van der Waals surface area contributed by atoms with Gasteiger partial charge in [0.25, 0.3) is 0 Å². The van der Waals surface area contributed by atoms with Gasteiger partial charge in [0.15, 0.2) is 5.11 Å². The Morgan fingerprint density at radius 1 is 1.32 bits per heavy atom. The maximum atomic E-state index is 5.17. The van der Waals surface area contributed by atoms with Gasteiger partial charge in [-0.2, -0.15) is 5.10 Å². The number of allylic oxidation sites excluding steroid dienone is 1. The zero-order valence-corrected chi connectivity index (χ0v) is 16.6. The van der Waals surface area contributed by atoms with Crippen molar-refractivity contribution in [2.24, 2.45) is 5.10 Å². The van der Waals surface area contributed by atoms with Gasteiger partial charge in [0.05, 0.1) is 12.8 Å². The average molecular weight is 383 g/mol. The molecule has 0 aromatic heterocycles. The third-order valence-electron chi connectivity index (χ3n) is 3.11. The Labute approximate surface area is 162 Å². The van der Waals surface area contributed by atoms with Gasteiger partial charge in [0.1, 0.15) is 5.75 Å². The van der Waals surface area contributed by atoms with E-state index in [2.05, 4.69) is 27.3 Å². The van der Waals surface area contributed by atoms with Crippen LogP contribution in [0.3, 0.4) is 0 Å². The first kappa shape index (κ1) is 23.1. The predicted octanol–water partition coefficient (Wildman–Crippen LogP) is 3.09. The molecule has 25 heavy (non-hydrogen) atoms. The summed E-state index contributed by atoms with van der Waals surface area (Å²) in [5.41, 5.74) is 4.87. The lowest BCUT2D eigenvalue weighted by Gasteiger charge is -2.10. The lowest BCUT2D eigenvalue weighted by atomic mass is 10.1. The molecule has 0 aliphatic carbocycles. The van der Waals surface area contributed by atoms with E-state index in [9.17, 15) is 0 Å². The highest BCUT2D eigenvalue weighted by atomic mass is 35.5. The number of halogens is 1. The minimum atomic E-state index is 0. The highest BCUT2D eigenvalue weighted by molar-refractivity contribution is 7.80. The summed E-state index contributed by atoms with van der Waals surface area (Å²) >= 11 is 5.15. The van der Waals surface area contributed by atoms with Crippen molar-refractivity contribution in [3.05, 3.63) is 48.6 Å². The predicted molar refractivity (Wildman–Crippen MR) is 114 cm³/mol. The van der Waals surface area contributed by atoms with E-state index in [1.165, 1.54) is 0 Å². The Kier molecular flexibility index (Phi) is 12.4. The molecule has 5 nitrogen and oxygen atoms in total. The quantitative estimate of drug-likeness (QED) is 0.297. The van der Waals surface area contributed by atoms with Crippen molar-refractivity contribution in [2.75, 3.05) is 34.3 Å². The lowest BCUT2D eigenvalue weighted by molar-refractivity contribution is 0.415. The molecule has 0 radical (unpaired) electrons. The van der Waals surface area contributed by atoms with Crippen molar-refractivity contribution in [1.29, 1.82) is 0 Å². The van der Waals surface area contributed by atoms with Crippen molar-refractivity contribution in [3.63, 3.8) is 0 Å². The Balaban J connectivity index is 0.00000576. The number of methoxy groups -OCH3 is 1. The van der Waals surface area contributed by atoms with Gasteiger partial charge >= 0.3 is 0 Å². The van der Waals surface area contributed by atoms with E-state index in [1.807, 2.05) is 50.5 Å². The number of hydrogen-bond acceptors (Lipinski definition) is 4. The average Bonchev–Trinajstić information content (AvgIpc) is 2.59. The van der Waals surface area contributed by atoms with Crippen LogP contribution < -0.4 is 15.5 Å². The van der Waals surface area contributed by atoms with Gasteiger partial charge in [-0.25, -0.2) is 0 Å². The van der Waals surface area contributed by atoms with Crippen molar-refractivity contribution in [3.8, 4) is 5.75 Å². The van der Waals surface area contributed by atoms with Crippen LogP contribution in [0.4, 0.5) is 0 Å². The summed E-state index contributed by atoms with van der Waals surface area (Å²) in [5, 5.41) is 7.86. The molecule has 138 valence electrons. The molecule has 0 aliphatic heterocycles. The van der Waals surface area contributed by atoms with Gasteiger partial charge in [-0.05, 0) is 50.1 Å². The van der Waals surface area contributed by atoms with Gasteiger partial charge < -0.3 is 15.0 Å². The summed E-state index contributed by atoms with van der Waals surface area (Å²) in [6.45, 7) is 5.15. The second kappa shape index (κ2) is 13.4. The van der Waals surface area contributed by atoms with Crippen molar-refractivity contribution in [2.45, 2.75) is 6.42 Å². The van der Waals surface area contributed by atoms with Crippen LogP contribution in [0.15, 0.2) is 48.1 Å². The Hall–Kier alpha value is -1.89. The van der Waals surface area contributed by atoms with Crippen LogP contribution in [0, 0.1) is 0 Å². The Morgan fingerprint density at radius 3 is 2.56 bits per heavy atom. The summed E-state index contributed by atoms with van der Waals surface area (Å²) in [6, 6.07) is 7.87. The molecule has 1 rings (SSSR count). The van der Waals surface area contributed by atoms with Crippen LogP contribution in [0.5, 0.6) is 5.75 Å². The third kappa shape index (κ3) is 10.6. The maximum absolute atomic E-state index is 5.17. The summed E-state index contributed by atoms with van der Waals surface area (Å²) < 4.78 is 5.17. The molecular formula is C18H27ClN4OS. The van der Waals surface area contributed by atoms with Crippen LogP contribution in [0.2, 0.25) is 0 Å². The van der Waals surface area contributed by atoms with Crippen LogP contribution in [-0.2, 0) is 0 Å². The van der Waals surface area contributed by atoms with Crippen LogP contribution >= 0.6 is 24.6 Å². The molecule has 7 heteroatoms. The molecule has 0 spiro atoms. The second-order valence-electron chi connectivity index (χ2n) is 5.37. The van der Waals surface area contributed by atoms with E-state index in [0.29, 0.717) is 11.7 Å². The maximum Gasteiger partial charge on any atom is 0.187 e. The van der Waals surface area contributed by atoms with E-state index in [4.69, 9.17) is 17.0 Å². The number of nitrogens with one attached hydrogen (secondary N) is 2. The molecule has 0 saturated carbocycles. The SMILES string of the molecule is C=CCNC(=S)N/N=C(/C=C/c1ccc(OC)cc1)CCN(C)C.Cl. The topological polar surface area (TPSA) is 48.9 Å². The van der Waals surface area contributed by atoms with Crippen LogP contribution in [0.1, 0.15) is 12.0 Å². The third-order valence-corrected chi connectivity index (χ3v) is 3.34. The van der Waals surface area contributed by atoms with E-state index >= 15 is 0 Å². The smallest absolute Gasteiger partial charge is 0.187 e. The van der Waals surface area contributed by atoms with Gasteiger partial charge in [0, 0.05) is 19.5 Å². The van der Waals surface area contributed by atoms with Gasteiger partial charge in [-0.15, -0.1) is 19.0 Å². The standard InChI is InChI=1S/C18H26N4OS.ClH/c1-5-13-19-18(24)21-20-16(12-14-22(2)3)9-6-15-7-10-17(23-4)11-8-15;/h5-11H,1,12-14H2,2-4H3,(H2,19,21,24);1H/b9-6+,20-16-;. The zero-order valence-electron chi connectivity index (χ0n) is 15.0. The summed E-state index contributed by atoms with van der Waals surface area (Å²) in [6.07, 6.45) is 6.58. The molecule has 1 aromatic rings. The molecule has 0 atom stereocenters. The molecule has 0 fully saturated rings. The normalized spacial score (nSPS) is 11.1. The first-order valence-corrected chi connectivity index (χ1v) is 8.14. The molecule has 0 saturated heterocycles. The highest BCUT2D eigenvalue weighted by Crippen LogP contribution is 2.12. The van der Waals surface area contributed by atoms with Crippen molar-refractivity contribution >= 4 is 41.5 Å². The van der Waals surface area contributed by atoms with E-state index in [-0.39, 0.29) is 12.4 Å². The molecule has 0 unspecified atom stereocenters. The fourth-order valence-corrected chi connectivity index (χ4v) is 1.88. The van der Waals surface area contributed by atoms with Gasteiger partial charge in [-0.1, -0.05) is 24.3 Å². The van der Waals surface area contributed by atoms with Crippen LogP contribution in [0.25, 0.3) is 6.08 Å². The summed E-state index contributed by atoms with van der Waals surface area (Å²) in [7, 11) is 5.73. The molecule has 0 amide bonds. The Bertz CT molecular complexity index is 585. The van der Waals surface area contributed by atoms with E-state index in [0.717, 1.165) is 30.0 Å². The Morgan fingerprint density at radius 2 is 2.00 bits per heavy atom. The van der Waals surface area contributed by atoms with Gasteiger partial charge in [0.2, 0.25) is 0 Å². The molecule has 1 aromatic carbocycles. The molecule has 2 N–H and O–H groups in total. The molecule has 0 bridgehead atoms. The number of thiocarbonyl (C=S) groups is 1. The minimum absolute atomic E-state index is 0. The number of rotatable bonds is 9. The monoisotopic (exact) mass is 382 g/mol. The number of ether oxygens (including phenoxy) is 1. The van der Waals surface area contributed by atoms with Gasteiger partial charge in [-0.3, -0.25) is 5.43 Å². The van der Waals surface area contributed by atoms with Crippen molar-refractivity contribution in [1.82, 2.24) is 15.6 Å². The molecule has 0 aliphatic rings.